The lowest BCUT2D eigenvalue weighted by Gasteiger charge is -2.20. The molecule has 0 spiro atoms. The van der Waals surface area contributed by atoms with Gasteiger partial charge in [-0.1, -0.05) is 26.0 Å². The van der Waals surface area contributed by atoms with Crippen molar-refractivity contribution in [1.29, 1.82) is 0 Å². The summed E-state index contributed by atoms with van der Waals surface area (Å²) in [5.41, 5.74) is 7.04. The van der Waals surface area contributed by atoms with Gasteiger partial charge in [0, 0.05) is 30.0 Å². The zero-order chi connectivity index (χ0) is 25.8. The van der Waals surface area contributed by atoms with E-state index in [0.29, 0.717) is 11.5 Å². The van der Waals surface area contributed by atoms with Gasteiger partial charge in [-0.15, -0.1) is 10.2 Å². The standard InChI is InChI=1S/C28H32N6OS/c1-6-33(7-2)22-12-14-23(15-13-22)34-31-25-16-19(5)24(17-26(25)32-34)29-28(36)30-27(35)21-10-8-20(9-11-21)18(3)4/h8-18H,6-7H2,1-5H3,(H2,29,30,35,36). The third kappa shape index (κ3) is 5.54. The molecule has 8 heteroatoms. The van der Waals surface area contributed by atoms with Crippen LogP contribution in [0.5, 0.6) is 0 Å². The van der Waals surface area contributed by atoms with Crippen LogP contribution in [-0.4, -0.2) is 39.1 Å². The Bertz CT molecular complexity index is 1370. The van der Waals surface area contributed by atoms with E-state index < -0.39 is 0 Å². The predicted octanol–water partition coefficient (Wildman–Crippen LogP) is 5.83. The molecule has 0 saturated carbocycles. The summed E-state index contributed by atoms with van der Waals surface area (Å²) < 4.78 is 0. The number of nitrogens with zero attached hydrogens (tertiary/aromatic N) is 4. The van der Waals surface area contributed by atoms with Crippen LogP contribution in [0, 0.1) is 6.92 Å². The zero-order valence-corrected chi connectivity index (χ0v) is 22.2. The molecule has 1 aromatic heterocycles. The van der Waals surface area contributed by atoms with Crippen LogP contribution in [0.15, 0.2) is 60.7 Å². The maximum Gasteiger partial charge on any atom is 0.257 e. The van der Waals surface area contributed by atoms with Crippen LogP contribution >= 0.6 is 12.2 Å². The van der Waals surface area contributed by atoms with E-state index in [1.807, 2.05) is 55.5 Å². The molecular formula is C28H32N6OS. The fraction of sp³-hybridized carbons (Fsp3) is 0.286. The molecule has 36 heavy (non-hydrogen) atoms. The van der Waals surface area contributed by atoms with Crippen molar-refractivity contribution in [2.45, 2.75) is 40.5 Å². The molecule has 7 nitrogen and oxygen atoms in total. The Morgan fingerprint density at radius 3 is 2.17 bits per heavy atom. The van der Waals surface area contributed by atoms with Gasteiger partial charge in [-0.2, -0.15) is 4.80 Å². The number of anilines is 2. The predicted molar refractivity (Wildman–Crippen MR) is 151 cm³/mol. The molecule has 1 heterocycles. The molecule has 0 aliphatic carbocycles. The Morgan fingerprint density at radius 1 is 0.972 bits per heavy atom. The highest BCUT2D eigenvalue weighted by atomic mass is 32.1. The highest BCUT2D eigenvalue weighted by molar-refractivity contribution is 7.80. The number of benzene rings is 3. The van der Waals surface area contributed by atoms with Crippen molar-refractivity contribution in [3.8, 4) is 5.69 Å². The number of carbonyl (C=O) groups excluding carboxylic acids is 1. The monoisotopic (exact) mass is 500 g/mol. The lowest BCUT2D eigenvalue weighted by molar-refractivity contribution is 0.0977. The van der Waals surface area contributed by atoms with E-state index in [-0.39, 0.29) is 11.0 Å². The summed E-state index contributed by atoms with van der Waals surface area (Å²) in [6.07, 6.45) is 0. The summed E-state index contributed by atoms with van der Waals surface area (Å²) in [5, 5.41) is 15.4. The van der Waals surface area contributed by atoms with E-state index in [1.54, 1.807) is 4.80 Å². The molecule has 0 fully saturated rings. The zero-order valence-electron chi connectivity index (χ0n) is 21.4. The lowest BCUT2D eigenvalue weighted by atomic mass is 10.0. The molecular weight excluding hydrogens is 468 g/mol. The topological polar surface area (TPSA) is 75.1 Å². The molecule has 0 bridgehead atoms. The number of aryl methyl sites for hydroxylation is 1. The van der Waals surface area contributed by atoms with E-state index in [2.05, 4.69) is 65.6 Å². The maximum atomic E-state index is 12.6. The number of amides is 1. The van der Waals surface area contributed by atoms with Crippen molar-refractivity contribution in [1.82, 2.24) is 20.3 Å². The van der Waals surface area contributed by atoms with Crippen LogP contribution in [0.4, 0.5) is 11.4 Å². The van der Waals surface area contributed by atoms with Crippen LogP contribution in [-0.2, 0) is 0 Å². The van der Waals surface area contributed by atoms with E-state index in [0.717, 1.165) is 41.1 Å². The molecule has 0 unspecified atom stereocenters. The van der Waals surface area contributed by atoms with Crippen LogP contribution < -0.4 is 15.5 Å². The van der Waals surface area contributed by atoms with E-state index >= 15 is 0 Å². The fourth-order valence-corrected chi connectivity index (χ4v) is 4.25. The van der Waals surface area contributed by atoms with E-state index in [4.69, 9.17) is 12.2 Å². The fourth-order valence-electron chi connectivity index (χ4n) is 4.05. The van der Waals surface area contributed by atoms with Gasteiger partial charge >= 0.3 is 0 Å². The summed E-state index contributed by atoms with van der Waals surface area (Å²) in [4.78, 5) is 16.6. The summed E-state index contributed by atoms with van der Waals surface area (Å²) in [6, 6.07) is 19.7. The van der Waals surface area contributed by atoms with Crippen molar-refractivity contribution in [3.05, 3.63) is 77.4 Å². The van der Waals surface area contributed by atoms with Gasteiger partial charge in [-0.3, -0.25) is 10.1 Å². The number of aromatic nitrogens is 3. The van der Waals surface area contributed by atoms with Gasteiger partial charge < -0.3 is 10.2 Å². The molecule has 0 saturated heterocycles. The molecule has 0 radical (unpaired) electrons. The maximum absolute atomic E-state index is 12.6. The Labute approximate surface area is 217 Å². The summed E-state index contributed by atoms with van der Waals surface area (Å²) in [7, 11) is 0. The second kappa shape index (κ2) is 10.9. The minimum absolute atomic E-state index is 0.231. The van der Waals surface area contributed by atoms with Gasteiger partial charge in [0.05, 0.1) is 5.69 Å². The van der Waals surface area contributed by atoms with Gasteiger partial charge in [-0.25, -0.2) is 0 Å². The number of rotatable bonds is 7. The van der Waals surface area contributed by atoms with Crippen molar-refractivity contribution in [3.63, 3.8) is 0 Å². The number of fused-ring (bicyclic) bond motifs is 1. The number of nitrogens with one attached hydrogen (secondary N) is 2. The molecule has 3 aromatic carbocycles. The Morgan fingerprint density at radius 2 is 1.58 bits per heavy atom. The normalized spacial score (nSPS) is 11.1. The Kier molecular flexibility index (Phi) is 7.64. The SMILES string of the molecule is CCN(CC)c1ccc(-n2nc3cc(C)c(NC(=S)NC(=O)c4ccc(C(C)C)cc4)cc3n2)cc1. The molecule has 0 aliphatic rings. The second-order valence-corrected chi connectivity index (χ2v) is 9.43. The quantitative estimate of drug-likeness (QED) is 0.311. The number of hydrogen-bond acceptors (Lipinski definition) is 5. The first kappa shape index (κ1) is 25.3. The summed E-state index contributed by atoms with van der Waals surface area (Å²) in [5.74, 6) is 0.160. The smallest absolute Gasteiger partial charge is 0.257 e. The number of thiocarbonyl (C=S) groups is 1. The van der Waals surface area contributed by atoms with Crippen LogP contribution in [0.3, 0.4) is 0 Å². The molecule has 4 aromatic rings. The largest absolute Gasteiger partial charge is 0.372 e. The first-order valence-electron chi connectivity index (χ1n) is 12.2. The average molecular weight is 501 g/mol. The summed E-state index contributed by atoms with van der Waals surface area (Å²) in [6.45, 7) is 12.4. The van der Waals surface area contributed by atoms with Crippen molar-refractivity contribution in [2.75, 3.05) is 23.3 Å². The van der Waals surface area contributed by atoms with E-state index in [1.165, 1.54) is 11.3 Å². The van der Waals surface area contributed by atoms with Crippen LogP contribution in [0.25, 0.3) is 16.7 Å². The van der Waals surface area contributed by atoms with Crippen molar-refractivity contribution < 1.29 is 4.79 Å². The van der Waals surface area contributed by atoms with Crippen LogP contribution in [0.1, 0.15) is 55.1 Å². The van der Waals surface area contributed by atoms with Gasteiger partial charge in [0.2, 0.25) is 0 Å². The first-order valence-corrected chi connectivity index (χ1v) is 12.6. The molecule has 2 N–H and O–H groups in total. The number of carbonyl (C=O) groups is 1. The molecule has 186 valence electrons. The number of hydrogen-bond donors (Lipinski definition) is 2. The lowest BCUT2D eigenvalue weighted by Crippen LogP contribution is -2.34. The van der Waals surface area contributed by atoms with Gasteiger partial charge in [0.1, 0.15) is 11.0 Å². The van der Waals surface area contributed by atoms with Crippen molar-refractivity contribution in [2.24, 2.45) is 0 Å². The molecule has 0 atom stereocenters. The van der Waals surface area contributed by atoms with E-state index in [9.17, 15) is 4.79 Å². The van der Waals surface area contributed by atoms with Gasteiger partial charge in [-0.05, 0) is 98.6 Å². The molecule has 4 rings (SSSR count). The van der Waals surface area contributed by atoms with Gasteiger partial charge in [0.15, 0.2) is 5.11 Å². The molecule has 1 amide bonds. The van der Waals surface area contributed by atoms with Gasteiger partial charge in [0.25, 0.3) is 5.91 Å². The Balaban J connectivity index is 1.48. The van der Waals surface area contributed by atoms with Crippen LogP contribution in [0.2, 0.25) is 0 Å². The van der Waals surface area contributed by atoms with Crippen molar-refractivity contribution >= 4 is 45.6 Å². The average Bonchev–Trinajstić information content (AvgIpc) is 3.28. The minimum Gasteiger partial charge on any atom is -0.372 e. The highest BCUT2D eigenvalue weighted by Gasteiger charge is 2.13. The first-order chi connectivity index (χ1) is 17.3. The minimum atomic E-state index is -0.249. The summed E-state index contributed by atoms with van der Waals surface area (Å²) >= 11 is 5.41. The Hall–Kier alpha value is -3.78. The highest BCUT2D eigenvalue weighted by Crippen LogP contribution is 2.23. The second-order valence-electron chi connectivity index (χ2n) is 9.02. The third-order valence-electron chi connectivity index (χ3n) is 6.25. The molecule has 0 aliphatic heterocycles. The third-order valence-corrected chi connectivity index (χ3v) is 6.45.